The molecule has 12 heteroatoms. The summed E-state index contributed by atoms with van der Waals surface area (Å²) in [6.45, 7) is 4.96. The SMILES string of the molecule is CC(C)(O)CN1CCC(F)(CNC(=O)c2cc(Cl)c(N)c3cccnc23)CC1.O=C(O)C=CC(=O)O. The molecule has 0 aliphatic carbocycles. The van der Waals surface area contributed by atoms with Crippen LogP contribution in [0.2, 0.25) is 5.02 Å². The average Bonchev–Trinajstić information content (AvgIpc) is 2.80. The third-order valence-electron chi connectivity index (χ3n) is 5.42. The van der Waals surface area contributed by atoms with Crippen molar-refractivity contribution >= 4 is 46.0 Å². The summed E-state index contributed by atoms with van der Waals surface area (Å²) >= 11 is 6.15. The molecule has 196 valence electrons. The van der Waals surface area contributed by atoms with E-state index in [2.05, 4.69) is 10.3 Å². The van der Waals surface area contributed by atoms with Gasteiger partial charge in [0.1, 0.15) is 5.67 Å². The molecule has 6 N–H and O–H groups in total. The number of amides is 1. The fourth-order valence-electron chi connectivity index (χ4n) is 3.72. The van der Waals surface area contributed by atoms with E-state index in [1.54, 1.807) is 32.2 Å². The minimum atomic E-state index is -1.48. The zero-order chi connectivity index (χ0) is 27.1. The van der Waals surface area contributed by atoms with Crippen molar-refractivity contribution in [3.63, 3.8) is 0 Å². The number of nitrogens with two attached hydrogens (primary N) is 1. The van der Waals surface area contributed by atoms with E-state index < -0.39 is 29.1 Å². The molecule has 36 heavy (non-hydrogen) atoms. The Balaban J connectivity index is 0.000000493. The smallest absolute Gasteiger partial charge is 0.328 e. The number of aromatic nitrogens is 1. The van der Waals surface area contributed by atoms with Gasteiger partial charge in [-0.15, -0.1) is 0 Å². The maximum absolute atomic E-state index is 15.1. The summed E-state index contributed by atoms with van der Waals surface area (Å²) in [4.78, 5) is 38.1. The minimum absolute atomic E-state index is 0.0848. The Morgan fingerprint density at radius 2 is 1.83 bits per heavy atom. The molecule has 3 rings (SSSR count). The van der Waals surface area contributed by atoms with E-state index in [1.165, 1.54) is 6.07 Å². The van der Waals surface area contributed by atoms with Crippen LogP contribution in [0.1, 0.15) is 37.0 Å². The number of likely N-dealkylation sites (tertiary alicyclic amines) is 1. The summed E-state index contributed by atoms with van der Waals surface area (Å²) in [6, 6.07) is 4.93. The molecular formula is C24H30ClFN4O6. The molecule has 2 heterocycles. The van der Waals surface area contributed by atoms with Gasteiger partial charge in [0, 0.05) is 43.4 Å². The number of anilines is 1. The molecule has 1 aliphatic heterocycles. The highest BCUT2D eigenvalue weighted by atomic mass is 35.5. The molecular weight excluding hydrogens is 495 g/mol. The third-order valence-corrected chi connectivity index (χ3v) is 5.74. The molecule has 0 spiro atoms. The number of carboxylic acids is 2. The van der Waals surface area contributed by atoms with Crippen molar-refractivity contribution in [1.82, 2.24) is 15.2 Å². The molecule has 0 radical (unpaired) electrons. The second-order valence-electron chi connectivity index (χ2n) is 9.15. The van der Waals surface area contributed by atoms with Crippen molar-refractivity contribution in [2.75, 3.05) is 31.9 Å². The lowest BCUT2D eigenvalue weighted by Gasteiger charge is -2.38. The number of aliphatic carboxylic acids is 2. The van der Waals surface area contributed by atoms with E-state index in [0.29, 0.717) is 61.2 Å². The van der Waals surface area contributed by atoms with Crippen molar-refractivity contribution < 1.29 is 34.1 Å². The first-order chi connectivity index (χ1) is 16.7. The van der Waals surface area contributed by atoms with Gasteiger partial charge in [0.2, 0.25) is 0 Å². The van der Waals surface area contributed by atoms with Gasteiger partial charge in [-0.25, -0.2) is 14.0 Å². The fraction of sp³-hybridized carbons (Fsp3) is 0.417. The largest absolute Gasteiger partial charge is 0.478 e. The van der Waals surface area contributed by atoms with Crippen molar-refractivity contribution in [1.29, 1.82) is 0 Å². The van der Waals surface area contributed by atoms with E-state index >= 15 is 4.39 Å². The number of β-amino-alcohol motifs (C(OH)–C–C–N with tert-alkyl or cyclic N) is 1. The topological polar surface area (TPSA) is 166 Å². The second kappa shape index (κ2) is 12.1. The number of rotatable bonds is 7. The van der Waals surface area contributed by atoms with Gasteiger partial charge in [-0.1, -0.05) is 11.6 Å². The van der Waals surface area contributed by atoms with Gasteiger partial charge in [-0.3, -0.25) is 9.78 Å². The number of nitrogen functional groups attached to an aromatic ring is 1. The number of nitrogens with zero attached hydrogens (tertiary/aromatic N) is 2. The molecule has 1 aromatic carbocycles. The first-order valence-corrected chi connectivity index (χ1v) is 11.5. The van der Waals surface area contributed by atoms with Gasteiger partial charge in [0.25, 0.3) is 5.91 Å². The van der Waals surface area contributed by atoms with E-state index in [0.717, 1.165) is 0 Å². The minimum Gasteiger partial charge on any atom is -0.478 e. The Hall–Kier alpha value is -3.28. The predicted octanol–water partition coefficient (Wildman–Crippen LogP) is 2.49. The number of fused-ring (bicyclic) bond motifs is 1. The number of pyridine rings is 1. The quantitative estimate of drug-likeness (QED) is 0.270. The first-order valence-electron chi connectivity index (χ1n) is 11.1. The lowest BCUT2D eigenvalue weighted by molar-refractivity contribution is -0.134. The van der Waals surface area contributed by atoms with Crippen LogP contribution in [0.5, 0.6) is 0 Å². The highest BCUT2D eigenvalue weighted by Gasteiger charge is 2.36. The number of nitrogens with one attached hydrogen (secondary N) is 1. The normalized spacial score (nSPS) is 15.8. The molecule has 1 aliphatic rings. The van der Waals surface area contributed by atoms with E-state index in [4.69, 9.17) is 27.5 Å². The number of carboxylic acid groups (broad SMARTS) is 2. The van der Waals surface area contributed by atoms with Crippen LogP contribution in [0.3, 0.4) is 0 Å². The summed E-state index contributed by atoms with van der Waals surface area (Å²) in [7, 11) is 0. The predicted molar refractivity (Wildman–Crippen MR) is 134 cm³/mol. The number of benzene rings is 1. The van der Waals surface area contributed by atoms with Crippen LogP contribution in [-0.2, 0) is 9.59 Å². The van der Waals surface area contributed by atoms with Crippen LogP contribution < -0.4 is 11.1 Å². The van der Waals surface area contributed by atoms with Crippen LogP contribution >= 0.6 is 11.6 Å². The highest BCUT2D eigenvalue weighted by Crippen LogP contribution is 2.31. The second-order valence-corrected chi connectivity index (χ2v) is 9.56. The van der Waals surface area contributed by atoms with Gasteiger partial charge in [0.05, 0.1) is 33.9 Å². The van der Waals surface area contributed by atoms with Gasteiger partial charge in [-0.2, -0.15) is 0 Å². The van der Waals surface area contributed by atoms with Gasteiger partial charge < -0.3 is 31.3 Å². The third kappa shape index (κ3) is 8.74. The summed E-state index contributed by atoms with van der Waals surface area (Å²) in [5, 5.41) is 29.1. The summed E-state index contributed by atoms with van der Waals surface area (Å²) in [5.41, 5.74) is 4.76. The number of carbonyl (C=O) groups excluding carboxylic acids is 1. The molecule has 1 fully saturated rings. The maximum Gasteiger partial charge on any atom is 0.328 e. The molecule has 0 atom stereocenters. The average molecular weight is 525 g/mol. The lowest BCUT2D eigenvalue weighted by Crippen LogP contribution is -2.50. The van der Waals surface area contributed by atoms with Crippen LogP contribution in [0.25, 0.3) is 10.9 Å². The van der Waals surface area contributed by atoms with Crippen molar-refractivity contribution in [2.24, 2.45) is 0 Å². The summed E-state index contributed by atoms with van der Waals surface area (Å²) < 4.78 is 15.1. The van der Waals surface area contributed by atoms with Crippen LogP contribution in [0.15, 0.2) is 36.5 Å². The summed E-state index contributed by atoms with van der Waals surface area (Å²) in [5.74, 6) is -2.94. The zero-order valence-corrected chi connectivity index (χ0v) is 20.8. The number of hydrogen-bond acceptors (Lipinski definition) is 7. The van der Waals surface area contributed by atoms with Crippen molar-refractivity contribution in [3.8, 4) is 0 Å². The Morgan fingerprint density at radius 1 is 1.25 bits per heavy atom. The zero-order valence-electron chi connectivity index (χ0n) is 20.0. The standard InChI is InChI=1S/C20H26ClFN4O2.C4H4O4/c1-19(2,28)12-26-8-5-20(22,6-9-26)11-25-18(27)14-10-15(21)16(23)13-4-3-7-24-17(13)14;5-3(6)1-2-4(7)8/h3-4,7,10,28H,5-6,8-9,11-12,23H2,1-2H3,(H,25,27);1-2H,(H,5,6)(H,7,8). The number of hydrogen-bond donors (Lipinski definition) is 5. The number of halogens is 2. The molecule has 1 amide bonds. The molecule has 0 saturated carbocycles. The van der Waals surface area contributed by atoms with Gasteiger partial charge in [-0.05, 0) is 44.9 Å². The van der Waals surface area contributed by atoms with Crippen LogP contribution in [-0.4, -0.2) is 80.5 Å². The van der Waals surface area contributed by atoms with E-state index in [-0.39, 0.29) is 17.1 Å². The molecule has 0 unspecified atom stereocenters. The molecule has 1 saturated heterocycles. The van der Waals surface area contributed by atoms with Crippen LogP contribution in [0.4, 0.5) is 10.1 Å². The van der Waals surface area contributed by atoms with Crippen molar-refractivity contribution in [2.45, 2.75) is 38.0 Å². The Bertz CT molecular complexity index is 1130. The molecule has 2 aromatic rings. The van der Waals surface area contributed by atoms with E-state index in [9.17, 15) is 19.5 Å². The Morgan fingerprint density at radius 3 is 2.36 bits per heavy atom. The number of carbonyl (C=O) groups is 3. The molecule has 1 aromatic heterocycles. The van der Waals surface area contributed by atoms with Gasteiger partial charge in [0.15, 0.2) is 0 Å². The Kier molecular flexibility index (Phi) is 9.74. The van der Waals surface area contributed by atoms with Gasteiger partial charge >= 0.3 is 11.9 Å². The first kappa shape index (κ1) is 29.0. The molecule has 0 bridgehead atoms. The number of piperidine rings is 1. The van der Waals surface area contributed by atoms with Crippen LogP contribution in [0, 0.1) is 0 Å². The number of aliphatic hydroxyl groups is 1. The fourth-order valence-corrected chi connectivity index (χ4v) is 3.94. The molecule has 10 nitrogen and oxygen atoms in total. The Labute approximate surface area is 212 Å². The van der Waals surface area contributed by atoms with Crippen molar-refractivity contribution in [3.05, 3.63) is 47.1 Å². The maximum atomic E-state index is 15.1. The lowest BCUT2D eigenvalue weighted by atomic mass is 9.92. The monoisotopic (exact) mass is 524 g/mol. The highest BCUT2D eigenvalue weighted by molar-refractivity contribution is 6.35. The number of alkyl halides is 1. The van der Waals surface area contributed by atoms with E-state index in [1.807, 2.05) is 4.90 Å². The summed E-state index contributed by atoms with van der Waals surface area (Å²) in [6.07, 6.45) is 3.28.